The number of hydrogen-bond donors (Lipinski definition) is 0. The summed E-state index contributed by atoms with van der Waals surface area (Å²) in [5, 5.41) is 8.39. The van der Waals surface area contributed by atoms with Crippen molar-refractivity contribution in [2.45, 2.75) is 0 Å². The minimum Gasteiger partial charge on any atom is -0.495 e. The molecule has 20 heteroatoms. The molecule has 12 aromatic rings. The van der Waals surface area contributed by atoms with Crippen LogP contribution in [0.5, 0.6) is 11.5 Å². The third kappa shape index (κ3) is 5.52. The van der Waals surface area contributed by atoms with Gasteiger partial charge in [0.25, 0.3) is 0 Å². The Hall–Kier alpha value is -5.26. The standard InChI is InChI=1S/C44H20N8O2S10/c1-53-41-19-13-18-16-28(22-8-10-26(58-22)32-39-35(47-63-51-39)30(24-6-4-12-56-24)36-40(32)52-64-48-36)60-44(18)42(54-2)20(19)14-17-15-27(59-43(17)41)21-7-9-25(57-21)31-37-33(45-61-49-37)29(23-5-3-11-55-23)34-38(31)50-62-46-34/h3-16H,1-2H3. The largest absolute Gasteiger partial charge is 0.495 e. The first-order valence-electron chi connectivity index (χ1n) is 19.3. The zero-order chi connectivity index (χ0) is 42.2. The van der Waals surface area contributed by atoms with E-state index in [0.29, 0.717) is 0 Å². The van der Waals surface area contributed by atoms with Crippen LogP contribution in [0.4, 0.5) is 22.7 Å². The van der Waals surface area contributed by atoms with Crippen molar-refractivity contribution >= 4 is 190 Å². The third-order valence-corrected chi connectivity index (χ3v) is 20.1. The predicted octanol–water partition coefficient (Wildman–Crippen LogP) is 17.0. The van der Waals surface area contributed by atoms with Gasteiger partial charge in [0.15, 0.2) is 0 Å². The summed E-state index contributed by atoms with van der Waals surface area (Å²) in [4.78, 5) is 9.03. The van der Waals surface area contributed by atoms with Crippen LogP contribution in [-0.2, 0) is 22.7 Å². The van der Waals surface area contributed by atoms with Gasteiger partial charge in [-0.05, 0) is 82.2 Å². The van der Waals surface area contributed by atoms with Gasteiger partial charge in [-0.1, -0.05) is 12.1 Å². The average Bonchev–Trinajstić information content (AvgIpc) is 4.15. The molecule has 0 atom stereocenters. The highest BCUT2D eigenvalue weighted by Gasteiger charge is 2.30. The smallest absolute Gasteiger partial charge is 0.144 e. The van der Waals surface area contributed by atoms with Crippen LogP contribution in [0.15, 0.2) is 101 Å². The van der Waals surface area contributed by atoms with Gasteiger partial charge in [-0.3, -0.25) is 0 Å². The summed E-state index contributed by atoms with van der Waals surface area (Å²) in [6, 6.07) is 26.1. The maximum atomic E-state index is 6.28. The lowest BCUT2D eigenvalue weighted by atomic mass is 10.0. The first-order valence-corrected chi connectivity index (χ1v) is 27.2. The third-order valence-electron chi connectivity index (χ3n) is 11.3. The topological polar surface area (TPSA) is 119 Å². The first kappa shape index (κ1) is 38.1. The highest BCUT2D eigenvalue weighted by molar-refractivity contribution is 7.58. The van der Waals surface area contributed by atoms with Crippen molar-refractivity contribution in [3.63, 3.8) is 0 Å². The van der Waals surface area contributed by atoms with Gasteiger partial charge < -0.3 is 9.47 Å². The van der Waals surface area contributed by atoms with Crippen molar-refractivity contribution in [3.8, 4) is 72.8 Å². The molecule has 0 amide bonds. The van der Waals surface area contributed by atoms with E-state index >= 15 is 0 Å². The molecule has 4 aromatic carbocycles. The van der Waals surface area contributed by atoms with Gasteiger partial charge in [0.05, 0.1) is 69.8 Å². The van der Waals surface area contributed by atoms with Crippen LogP contribution in [0.2, 0.25) is 0 Å². The molecule has 0 unspecified atom stereocenters. The summed E-state index contributed by atoms with van der Waals surface area (Å²) < 4.78 is 53.1. The number of methoxy groups -OCH3 is 2. The Bertz CT molecular complexity index is 3830. The number of hydrogen-bond acceptors (Lipinski definition) is 18. The molecule has 0 fully saturated rings. The first-order chi connectivity index (χ1) is 31.6. The molecule has 0 N–H and O–H groups in total. The summed E-state index contributed by atoms with van der Waals surface area (Å²) in [5.41, 5.74) is 11.0. The van der Waals surface area contributed by atoms with E-state index < -0.39 is 0 Å². The minimum absolute atomic E-state index is 0.842. The average molecular weight is 1010 g/mol. The molecule has 308 valence electrons. The molecule has 10 nitrogen and oxygen atoms in total. The molecule has 2 aliphatic rings. The van der Waals surface area contributed by atoms with Crippen LogP contribution in [0.25, 0.3) is 114 Å². The molecule has 8 aromatic heterocycles. The Balaban J connectivity index is 0.854. The Labute approximate surface area is 401 Å². The Kier molecular flexibility index (Phi) is 8.70. The van der Waals surface area contributed by atoms with E-state index in [-0.39, 0.29) is 0 Å². The molecule has 0 saturated carbocycles. The Morgan fingerprint density at radius 1 is 0.406 bits per heavy atom. The van der Waals surface area contributed by atoms with Crippen LogP contribution in [0.3, 0.4) is 0 Å². The molecule has 0 aliphatic carbocycles. The number of aromatic nitrogens is 4. The van der Waals surface area contributed by atoms with Crippen LogP contribution in [0.1, 0.15) is 0 Å². The van der Waals surface area contributed by atoms with Gasteiger partial charge in [0.2, 0.25) is 0 Å². The molecule has 0 saturated heterocycles. The lowest BCUT2D eigenvalue weighted by molar-refractivity contribution is 0.421. The summed E-state index contributed by atoms with van der Waals surface area (Å²) in [5.74, 6) is 1.68. The molecule has 64 heavy (non-hydrogen) atoms. The lowest BCUT2D eigenvalue weighted by Crippen LogP contribution is -1.89. The van der Waals surface area contributed by atoms with Crippen LogP contribution < -0.4 is 9.47 Å². The van der Waals surface area contributed by atoms with E-state index in [1.54, 1.807) is 82.2 Å². The van der Waals surface area contributed by atoms with Crippen LogP contribution in [-0.4, -0.2) is 31.7 Å². The van der Waals surface area contributed by atoms with Crippen molar-refractivity contribution in [3.05, 3.63) is 83.6 Å². The zero-order valence-electron chi connectivity index (χ0n) is 32.6. The normalized spacial score (nSPS) is 13.0. The summed E-state index contributed by atoms with van der Waals surface area (Å²) in [6.45, 7) is 0. The maximum Gasteiger partial charge on any atom is 0.144 e. The quantitative estimate of drug-likeness (QED) is 0.150. The van der Waals surface area contributed by atoms with Gasteiger partial charge >= 0.3 is 0 Å². The second-order valence-electron chi connectivity index (χ2n) is 14.6. The van der Waals surface area contributed by atoms with Gasteiger partial charge in [0, 0.05) is 72.0 Å². The second kappa shape index (κ2) is 14.6. The van der Waals surface area contributed by atoms with Crippen LogP contribution in [0, 0.1) is 0 Å². The van der Waals surface area contributed by atoms with E-state index in [1.165, 1.54) is 46.2 Å². The molecular formula is C44H20N8O2S10. The van der Waals surface area contributed by atoms with E-state index in [2.05, 4.69) is 83.6 Å². The fraction of sp³-hybridized carbons (Fsp3) is 0.0455. The Morgan fingerprint density at radius 2 is 0.797 bits per heavy atom. The van der Waals surface area contributed by atoms with Crippen molar-refractivity contribution in [1.82, 2.24) is 17.5 Å². The van der Waals surface area contributed by atoms with Crippen molar-refractivity contribution < 1.29 is 9.47 Å². The SMILES string of the molecule is COc1c2cc3cc(-c4ccc(-c5c6c(c(-c7cccs7)c7nsnc57)N=S=N6)s4)sc3c(OC)c2cc2cc(-c3ccc(-c4c5c(c(-c6cccs6)c6nsnc46)N=S=N5)s3)sc12. The minimum atomic E-state index is 0.842. The highest BCUT2D eigenvalue weighted by Crippen LogP contribution is 2.57. The van der Waals surface area contributed by atoms with E-state index in [0.717, 1.165) is 149 Å². The summed E-state index contributed by atoms with van der Waals surface area (Å²) in [7, 11) is 3.52. The molecule has 14 rings (SSSR count). The predicted molar refractivity (Wildman–Crippen MR) is 277 cm³/mol. The molecule has 2 aliphatic heterocycles. The molecule has 0 radical (unpaired) electrons. The second-order valence-corrected chi connectivity index (χ2v) is 22.9. The van der Waals surface area contributed by atoms with E-state index in [9.17, 15) is 0 Å². The number of nitrogens with zero attached hydrogens (tertiary/aromatic N) is 8. The number of ether oxygens (including phenoxy) is 2. The maximum absolute atomic E-state index is 6.28. The number of thiophene rings is 6. The number of benzene rings is 4. The summed E-state index contributed by atoms with van der Waals surface area (Å²) >= 11 is 15.2. The molecular weight excluding hydrogens is 993 g/mol. The summed E-state index contributed by atoms with van der Waals surface area (Å²) in [6.07, 6.45) is 0. The van der Waals surface area contributed by atoms with Crippen molar-refractivity contribution in [2.24, 2.45) is 17.5 Å². The van der Waals surface area contributed by atoms with Gasteiger partial charge in [-0.15, -0.1) is 68.0 Å². The van der Waals surface area contributed by atoms with E-state index in [1.807, 2.05) is 0 Å². The van der Waals surface area contributed by atoms with Crippen molar-refractivity contribution in [2.75, 3.05) is 14.2 Å². The number of rotatable bonds is 8. The van der Waals surface area contributed by atoms with Crippen LogP contribution >= 0.6 is 91.5 Å². The zero-order valence-corrected chi connectivity index (χ0v) is 40.7. The number of fused-ring (bicyclic) bond motifs is 7. The molecule has 10 heterocycles. The van der Waals surface area contributed by atoms with Gasteiger partial charge in [-0.2, -0.15) is 34.9 Å². The van der Waals surface area contributed by atoms with Crippen molar-refractivity contribution in [1.29, 1.82) is 0 Å². The fourth-order valence-electron chi connectivity index (χ4n) is 8.61. The monoisotopic (exact) mass is 1010 g/mol. The van der Waals surface area contributed by atoms with Gasteiger partial charge in [-0.25, -0.2) is 0 Å². The lowest BCUT2D eigenvalue weighted by Gasteiger charge is -2.11. The molecule has 0 spiro atoms. The van der Waals surface area contributed by atoms with Gasteiger partial charge in [0.1, 0.15) is 56.3 Å². The van der Waals surface area contributed by atoms with E-state index in [4.69, 9.17) is 44.4 Å². The Morgan fingerprint density at radius 3 is 1.17 bits per heavy atom. The fourth-order valence-corrected chi connectivity index (χ4v) is 17.0. The molecule has 0 bridgehead atoms. The highest BCUT2D eigenvalue weighted by atomic mass is 32.1.